The molecule has 1 saturated heterocycles. The molecular weight excluding hydrogens is 470 g/mol. The third-order valence-electron chi connectivity index (χ3n) is 7.13. The summed E-state index contributed by atoms with van der Waals surface area (Å²) >= 11 is 7.75. The van der Waals surface area contributed by atoms with Crippen LogP contribution in [0, 0.1) is 12.8 Å². The number of hydrogen-bond acceptors (Lipinski definition) is 5. The Morgan fingerprint density at radius 2 is 2.06 bits per heavy atom. The van der Waals surface area contributed by atoms with Crippen LogP contribution in [0.25, 0.3) is 10.4 Å². The highest BCUT2D eigenvalue weighted by Gasteiger charge is 2.55. The van der Waals surface area contributed by atoms with Crippen LogP contribution in [0.2, 0.25) is 5.02 Å². The Morgan fingerprint density at radius 3 is 2.85 bits per heavy atom. The number of piperidine rings is 1. The smallest absolute Gasteiger partial charge is 0.274 e. The zero-order valence-corrected chi connectivity index (χ0v) is 20.2. The molecule has 1 aromatic heterocycles. The lowest BCUT2D eigenvalue weighted by Gasteiger charge is -2.29. The van der Waals surface area contributed by atoms with Crippen molar-refractivity contribution < 1.29 is 14.3 Å². The van der Waals surface area contributed by atoms with Crippen LogP contribution < -0.4 is 10.5 Å². The van der Waals surface area contributed by atoms with E-state index < -0.39 is 5.91 Å². The number of nitrogens with zero attached hydrogens (tertiary/aromatic N) is 2. The molecule has 0 spiro atoms. The number of carbonyl (C=O) groups excluding carboxylic acids is 2. The van der Waals surface area contributed by atoms with Crippen molar-refractivity contribution in [1.29, 1.82) is 0 Å². The first-order valence-electron chi connectivity index (χ1n) is 11.5. The number of benzene rings is 2. The Hall–Kier alpha value is -2.90. The van der Waals surface area contributed by atoms with E-state index in [0.29, 0.717) is 28.6 Å². The zero-order valence-electron chi connectivity index (χ0n) is 18.7. The Morgan fingerprint density at radius 1 is 1.24 bits per heavy atom. The van der Waals surface area contributed by atoms with Gasteiger partial charge in [-0.3, -0.25) is 9.59 Å². The number of fused-ring (bicyclic) bond motifs is 2. The fourth-order valence-electron chi connectivity index (χ4n) is 5.61. The lowest BCUT2D eigenvalue weighted by Crippen LogP contribution is -2.41. The van der Waals surface area contributed by atoms with Gasteiger partial charge in [-0.2, -0.15) is 0 Å². The van der Waals surface area contributed by atoms with Crippen molar-refractivity contribution in [3.05, 3.63) is 69.3 Å². The quantitative estimate of drug-likeness (QED) is 0.549. The van der Waals surface area contributed by atoms with Crippen LogP contribution in [0.3, 0.4) is 0 Å². The molecule has 34 heavy (non-hydrogen) atoms. The van der Waals surface area contributed by atoms with E-state index in [1.807, 2.05) is 37.3 Å². The normalized spacial score (nSPS) is 24.5. The highest BCUT2D eigenvalue weighted by molar-refractivity contribution is 7.15. The summed E-state index contributed by atoms with van der Waals surface area (Å²) in [6.07, 6.45) is 3.30. The van der Waals surface area contributed by atoms with E-state index in [9.17, 15) is 9.59 Å². The van der Waals surface area contributed by atoms with Crippen molar-refractivity contribution in [3.63, 3.8) is 0 Å². The summed E-state index contributed by atoms with van der Waals surface area (Å²) in [5.74, 6) is 0.823. The van der Waals surface area contributed by atoms with Gasteiger partial charge in [-0.15, -0.1) is 11.3 Å². The van der Waals surface area contributed by atoms with Gasteiger partial charge in [-0.1, -0.05) is 29.8 Å². The molecule has 0 radical (unpaired) electrons. The second kappa shape index (κ2) is 8.10. The molecular formula is C26H24ClN3O3S. The molecule has 2 N–H and O–H groups in total. The summed E-state index contributed by atoms with van der Waals surface area (Å²) in [5.41, 5.74) is 8.38. The Balaban J connectivity index is 1.25. The van der Waals surface area contributed by atoms with Gasteiger partial charge in [0.25, 0.3) is 5.91 Å². The molecule has 1 saturated carbocycles. The van der Waals surface area contributed by atoms with Gasteiger partial charge in [0.15, 0.2) is 0 Å². The van der Waals surface area contributed by atoms with Gasteiger partial charge in [-0.05, 0) is 55.5 Å². The standard InChI is InChI=1S/C26H24ClN3O3S/c1-13-29-23(24(34-13)14-4-2-5-16(27)8-14)26(32)30-17(9-15-10-21(15)30)11-18-12-20-19(25(28)31)6-3-7-22(20)33-18/h2-8,15,17-18,21H,9-12H2,1H3,(H2,28,31)/t15-,17+,18?,21+/m1/s1. The molecule has 2 aliphatic heterocycles. The number of thiazole rings is 1. The minimum absolute atomic E-state index is 0.0114. The molecule has 2 fully saturated rings. The van der Waals surface area contributed by atoms with Crippen LogP contribution in [0.5, 0.6) is 5.75 Å². The fourth-order valence-corrected chi connectivity index (χ4v) is 6.70. The number of rotatable bonds is 5. The predicted molar refractivity (Wildman–Crippen MR) is 131 cm³/mol. The van der Waals surface area contributed by atoms with Crippen LogP contribution in [-0.2, 0) is 6.42 Å². The first kappa shape index (κ1) is 21.6. The maximum atomic E-state index is 13.9. The molecule has 6 rings (SSSR count). The number of halogens is 1. The van der Waals surface area contributed by atoms with E-state index in [-0.39, 0.29) is 24.1 Å². The lowest BCUT2D eigenvalue weighted by atomic mass is 9.97. The SMILES string of the molecule is Cc1nc(C(=O)N2[C@H](CC3Cc4c(cccc4C(N)=O)O3)C[C@@H]3C[C@@H]32)c(-c2cccc(Cl)c2)s1. The molecule has 2 amide bonds. The zero-order chi connectivity index (χ0) is 23.6. The molecule has 6 nitrogen and oxygen atoms in total. The van der Waals surface area contributed by atoms with Crippen molar-refractivity contribution in [2.45, 2.75) is 50.8 Å². The van der Waals surface area contributed by atoms with Crippen LogP contribution >= 0.6 is 22.9 Å². The Labute approximate surface area is 206 Å². The third kappa shape index (κ3) is 3.67. The number of aryl methyl sites for hydroxylation is 1. The van der Waals surface area contributed by atoms with Gasteiger partial charge < -0.3 is 15.4 Å². The topological polar surface area (TPSA) is 85.5 Å². The predicted octanol–water partition coefficient (Wildman–Crippen LogP) is 4.87. The summed E-state index contributed by atoms with van der Waals surface area (Å²) in [6, 6.07) is 13.4. The Kier molecular flexibility index (Phi) is 5.15. The molecule has 3 heterocycles. The van der Waals surface area contributed by atoms with Gasteiger partial charge >= 0.3 is 0 Å². The van der Waals surface area contributed by atoms with E-state index in [1.165, 1.54) is 11.3 Å². The van der Waals surface area contributed by atoms with Gasteiger partial charge in [0, 0.05) is 41.1 Å². The maximum Gasteiger partial charge on any atom is 0.274 e. The molecule has 1 aliphatic carbocycles. The summed E-state index contributed by atoms with van der Waals surface area (Å²) in [7, 11) is 0. The van der Waals surface area contributed by atoms with Crippen molar-refractivity contribution >= 4 is 34.8 Å². The molecule has 0 bridgehead atoms. The largest absolute Gasteiger partial charge is 0.490 e. The van der Waals surface area contributed by atoms with Crippen molar-refractivity contribution in [3.8, 4) is 16.2 Å². The molecule has 3 aromatic rings. The summed E-state index contributed by atoms with van der Waals surface area (Å²) in [6.45, 7) is 1.93. The van der Waals surface area contributed by atoms with E-state index in [1.54, 1.807) is 12.1 Å². The van der Waals surface area contributed by atoms with Crippen LogP contribution in [-0.4, -0.2) is 39.9 Å². The first-order valence-corrected chi connectivity index (χ1v) is 12.7. The van der Waals surface area contributed by atoms with Crippen LogP contribution in [0.4, 0.5) is 0 Å². The van der Waals surface area contributed by atoms with Gasteiger partial charge in [0.2, 0.25) is 5.91 Å². The average molecular weight is 494 g/mol. The van der Waals surface area contributed by atoms with E-state index in [0.717, 1.165) is 46.0 Å². The summed E-state index contributed by atoms with van der Waals surface area (Å²) in [5, 5.41) is 1.49. The highest BCUT2D eigenvalue weighted by atomic mass is 35.5. The highest BCUT2D eigenvalue weighted by Crippen LogP contribution is 2.50. The number of amides is 2. The van der Waals surface area contributed by atoms with Gasteiger partial charge in [-0.25, -0.2) is 4.98 Å². The van der Waals surface area contributed by atoms with Crippen molar-refractivity contribution in [2.24, 2.45) is 11.7 Å². The monoisotopic (exact) mass is 493 g/mol. The molecule has 174 valence electrons. The molecule has 2 aromatic carbocycles. The van der Waals surface area contributed by atoms with Crippen molar-refractivity contribution in [2.75, 3.05) is 0 Å². The minimum atomic E-state index is -0.438. The number of ether oxygens (including phenoxy) is 1. The van der Waals surface area contributed by atoms with E-state index in [2.05, 4.69) is 9.88 Å². The van der Waals surface area contributed by atoms with E-state index >= 15 is 0 Å². The van der Waals surface area contributed by atoms with Gasteiger partial charge in [0.1, 0.15) is 17.5 Å². The number of primary amides is 1. The molecule has 8 heteroatoms. The van der Waals surface area contributed by atoms with E-state index in [4.69, 9.17) is 22.1 Å². The Bertz CT molecular complexity index is 1320. The number of nitrogens with two attached hydrogens (primary N) is 1. The number of aromatic nitrogens is 1. The fraction of sp³-hybridized carbons (Fsp3) is 0.346. The first-order chi connectivity index (χ1) is 16.4. The number of carbonyl (C=O) groups is 2. The lowest BCUT2D eigenvalue weighted by molar-refractivity contribution is 0.0647. The summed E-state index contributed by atoms with van der Waals surface area (Å²) < 4.78 is 6.18. The van der Waals surface area contributed by atoms with Crippen molar-refractivity contribution in [1.82, 2.24) is 9.88 Å². The molecule has 4 atom stereocenters. The molecule has 3 aliphatic rings. The number of hydrogen-bond donors (Lipinski definition) is 1. The van der Waals surface area contributed by atoms with Crippen LogP contribution in [0.1, 0.15) is 50.7 Å². The minimum Gasteiger partial charge on any atom is -0.490 e. The third-order valence-corrected chi connectivity index (χ3v) is 8.38. The second-order valence-electron chi connectivity index (χ2n) is 9.41. The van der Waals surface area contributed by atoms with Gasteiger partial charge in [0.05, 0.1) is 9.88 Å². The maximum absolute atomic E-state index is 13.9. The second-order valence-corrected chi connectivity index (χ2v) is 11.1. The molecule has 1 unspecified atom stereocenters. The number of likely N-dealkylation sites (tertiary alicyclic amines) is 1. The average Bonchev–Trinajstić information content (AvgIpc) is 3.12. The van der Waals surface area contributed by atoms with Crippen LogP contribution in [0.15, 0.2) is 42.5 Å². The summed E-state index contributed by atoms with van der Waals surface area (Å²) in [4.78, 5) is 33.2.